The normalized spacial score (nSPS) is 15.9. The average molecular weight is 471 g/mol. The standard InChI is InChI=1S/C29H27F5/c1-2-3-18-4-7-20(8-5-18)21-10-12-22(13-11-21)24-15-14-23(27(32)28(24)33)9-6-19-16-25(30)29(34)26(31)17-19/h7,10-18H,2-6,8-9H2,1H3. The predicted molar refractivity (Wildman–Crippen MR) is 126 cm³/mol. The van der Waals surface area contributed by atoms with Crippen LogP contribution in [0, 0.1) is 35.0 Å². The van der Waals surface area contributed by atoms with Gasteiger partial charge in [0.25, 0.3) is 0 Å². The van der Waals surface area contributed by atoms with Crippen LogP contribution in [0.25, 0.3) is 16.7 Å². The number of aryl methyl sites for hydroxylation is 2. The topological polar surface area (TPSA) is 0 Å². The summed E-state index contributed by atoms with van der Waals surface area (Å²) in [5, 5.41) is 0. The zero-order valence-electron chi connectivity index (χ0n) is 19.1. The Morgan fingerprint density at radius 3 is 2.06 bits per heavy atom. The summed E-state index contributed by atoms with van der Waals surface area (Å²) in [6.45, 7) is 2.21. The van der Waals surface area contributed by atoms with Gasteiger partial charge in [0.15, 0.2) is 29.1 Å². The Bertz CT molecular complexity index is 1170. The fourth-order valence-electron chi connectivity index (χ4n) is 4.72. The molecule has 0 radical (unpaired) electrons. The molecule has 0 aliphatic heterocycles. The predicted octanol–water partition coefficient (Wildman–Crippen LogP) is 8.82. The highest BCUT2D eigenvalue weighted by atomic mass is 19.2. The Labute approximate surface area is 197 Å². The maximum Gasteiger partial charge on any atom is 0.194 e. The minimum Gasteiger partial charge on any atom is -0.204 e. The van der Waals surface area contributed by atoms with E-state index in [1.807, 2.05) is 12.1 Å². The molecule has 0 saturated heterocycles. The lowest BCUT2D eigenvalue weighted by Crippen LogP contribution is -2.05. The van der Waals surface area contributed by atoms with E-state index in [1.54, 1.807) is 12.1 Å². The third kappa shape index (κ3) is 5.24. The van der Waals surface area contributed by atoms with Gasteiger partial charge < -0.3 is 0 Å². The summed E-state index contributed by atoms with van der Waals surface area (Å²) in [5.41, 5.74) is 3.41. The Morgan fingerprint density at radius 2 is 1.44 bits per heavy atom. The second-order valence-corrected chi connectivity index (χ2v) is 9.01. The molecule has 178 valence electrons. The van der Waals surface area contributed by atoms with Crippen LogP contribution >= 0.6 is 0 Å². The van der Waals surface area contributed by atoms with E-state index < -0.39 is 29.1 Å². The van der Waals surface area contributed by atoms with Gasteiger partial charge in [-0.05, 0) is 78.0 Å². The van der Waals surface area contributed by atoms with E-state index >= 15 is 0 Å². The van der Waals surface area contributed by atoms with E-state index in [0.29, 0.717) is 5.56 Å². The quantitative estimate of drug-likeness (QED) is 0.239. The van der Waals surface area contributed by atoms with Gasteiger partial charge in [-0.1, -0.05) is 62.2 Å². The smallest absolute Gasteiger partial charge is 0.194 e. The lowest BCUT2D eigenvalue weighted by Gasteiger charge is -2.21. The average Bonchev–Trinajstić information content (AvgIpc) is 2.84. The van der Waals surface area contributed by atoms with Crippen molar-refractivity contribution >= 4 is 5.57 Å². The van der Waals surface area contributed by atoms with Gasteiger partial charge in [0.05, 0.1) is 0 Å². The highest BCUT2D eigenvalue weighted by Gasteiger charge is 2.18. The molecule has 1 aliphatic rings. The molecular weight excluding hydrogens is 443 g/mol. The summed E-state index contributed by atoms with van der Waals surface area (Å²) in [6.07, 6.45) is 8.13. The van der Waals surface area contributed by atoms with Crippen molar-refractivity contribution in [2.45, 2.75) is 51.9 Å². The van der Waals surface area contributed by atoms with Crippen LogP contribution in [0.5, 0.6) is 0 Å². The van der Waals surface area contributed by atoms with Crippen LogP contribution in [-0.4, -0.2) is 0 Å². The monoisotopic (exact) mass is 470 g/mol. The van der Waals surface area contributed by atoms with Crippen LogP contribution in [0.15, 0.2) is 54.6 Å². The first-order valence-electron chi connectivity index (χ1n) is 11.8. The lowest BCUT2D eigenvalue weighted by atomic mass is 9.84. The van der Waals surface area contributed by atoms with E-state index in [1.165, 1.54) is 37.0 Å². The van der Waals surface area contributed by atoms with E-state index in [-0.39, 0.29) is 29.5 Å². The van der Waals surface area contributed by atoms with Crippen LogP contribution in [0.3, 0.4) is 0 Å². The van der Waals surface area contributed by atoms with Gasteiger partial charge in [-0.15, -0.1) is 0 Å². The summed E-state index contributed by atoms with van der Waals surface area (Å²) >= 11 is 0. The molecule has 0 bridgehead atoms. The SMILES string of the molecule is CCCC1CC=C(c2ccc(-c3ccc(CCc4cc(F)c(F)c(F)c4)c(F)c3F)cc2)CC1. The fourth-order valence-corrected chi connectivity index (χ4v) is 4.72. The zero-order valence-corrected chi connectivity index (χ0v) is 19.1. The van der Waals surface area contributed by atoms with Crippen molar-refractivity contribution in [3.63, 3.8) is 0 Å². The van der Waals surface area contributed by atoms with Crippen molar-refractivity contribution in [1.82, 2.24) is 0 Å². The van der Waals surface area contributed by atoms with Crippen molar-refractivity contribution in [1.29, 1.82) is 0 Å². The number of hydrogen-bond acceptors (Lipinski definition) is 0. The van der Waals surface area contributed by atoms with Crippen molar-refractivity contribution in [3.8, 4) is 11.1 Å². The van der Waals surface area contributed by atoms with Gasteiger partial charge in [0, 0.05) is 5.56 Å². The van der Waals surface area contributed by atoms with Gasteiger partial charge in [-0.25, -0.2) is 22.0 Å². The number of hydrogen-bond donors (Lipinski definition) is 0. The van der Waals surface area contributed by atoms with Gasteiger partial charge >= 0.3 is 0 Å². The highest BCUT2D eigenvalue weighted by molar-refractivity contribution is 5.71. The van der Waals surface area contributed by atoms with Gasteiger partial charge in [-0.2, -0.15) is 0 Å². The summed E-state index contributed by atoms with van der Waals surface area (Å²) in [4.78, 5) is 0. The van der Waals surface area contributed by atoms with E-state index in [0.717, 1.165) is 36.5 Å². The zero-order chi connectivity index (χ0) is 24.2. The minimum absolute atomic E-state index is 0.0274. The van der Waals surface area contributed by atoms with Crippen molar-refractivity contribution in [2.24, 2.45) is 5.92 Å². The fraction of sp³-hybridized carbons (Fsp3) is 0.310. The molecule has 0 spiro atoms. The summed E-state index contributed by atoms with van der Waals surface area (Å²) in [5.74, 6) is -5.33. The first kappa shape index (κ1) is 24.2. The summed E-state index contributed by atoms with van der Waals surface area (Å²) < 4.78 is 69.5. The molecule has 5 heteroatoms. The molecule has 34 heavy (non-hydrogen) atoms. The molecule has 0 saturated carbocycles. The van der Waals surface area contributed by atoms with Crippen molar-refractivity contribution in [2.75, 3.05) is 0 Å². The molecule has 1 atom stereocenters. The maximum absolute atomic E-state index is 14.9. The first-order chi connectivity index (χ1) is 16.4. The molecule has 0 aromatic heterocycles. The Morgan fingerprint density at radius 1 is 0.765 bits per heavy atom. The Kier molecular flexibility index (Phi) is 7.50. The van der Waals surface area contributed by atoms with Crippen molar-refractivity contribution in [3.05, 3.63) is 100 Å². The van der Waals surface area contributed by atoms with Gasteiger partial charge in [-0.3, -0.25) is 0 Å². The third-order valence-corrected chi connectivity index (χ3v) is 6.67. The summed E-state index contributed by atoms with van der Waals surface area (Å²) in [7, 11) is 0. The molecule has 0 nitrogen and oxygen atoms in total. The Balaban J connectivity index is 1.48. The molecule has 0 amide bonds. The van der Waals surface area contributed by atoms with E-state index in [2.05, 4.69) is 13.0 Å². The third-order valence-electron chi connectivity index (χ3n) is 6.67. The first-order valence-corrected chi connectivity index (χ1v) is 11.8. The van der Waals surface area contributed by atoms with Crippen LogP contribution in [-0.2, 0) is 12.8 Å². The molecule has 3 aromatic rings. The molecule has 3 aromatic carbocycles. The molecule has 4 rings (SSSR count). The van der Waals surface area contributed by atoms with Crippen LogP contribution in [0.1, 0.15) is 55.7 Å². The largest absolute Gasteiger partial charge is 0.204 e. The lowest BCUT2D eigenvalue weighted by molar-refractivity contribution is 0.445. The molecule has 0 heterocycles. The molecule has 0 N–H and O–H groups in total. The van der Waals surface area contributed by atoms with Crippen LogP contribution in [0.2, 0.25) is 0 Å². The van der Waals surface area contributed by atoms with Crippen LogP contribution in [0.4, 0.5) is 22.0 Å². The molecular formula is C29H27F5. The second kappa shape index (κ2) is 10.5. The second-order valence-electron chi connectivity index (χ2n) is 9.01. The van der Waals surface area contributed by atoms with Gasteiger partial charge in [0.2, 0.25) is 0 Å². The molecule has 1 unspecified atom stereocenters. The van der Waals surface area contributed by atoms with E-state index in [4.69, 9.17) is 0 Å². The number of halogens is 5. The number of allylic oxidation sites excluding steroid dienone is 2. The molecule has 1 aliphatic carbocycles. The minimum atomic E-state index is -1.54. The number of rotatable bonds is 7. The maximum atomic E-state index is 14.9. The number of benzene rings is 3. The van der Waals surface area contributed by atoms with Crippen molar-refractivity contribution < 1.29 is 22.0 Å². The molecule has 0 fully saturated rings. The Hall–Kier alpha value is -2.95. The van der Waals surface area contributed by atoms with Gasteiger partial charge in [0.1, 0.15) is 0 Å². The van der Waals surface area contributed by atoms with E-state index in [9.17, 15) is 22.0 Å². The summed E-state index contributed by atoms with van der Waals surface area (Å²) in [6, 6.07) is 12.2. The highest BCUT2D eigenvalue weighted by Crippen LogP contribution is 2.34. The van der Waals surface area contributed by atoms with Crippen LogP contribution < -0.4 is 0 Å².